The normalized spacial score (nSPS) is 25.9. The molecule has 0 saturated carbocycles. The molecule has 2 atom stereocenters. The van der Waals surface area contributed by atoms with Crippen molar-refractivity contribution in [3.63, 3.8) is 0 Å². The van der Waals surface area contributed by atoms with Crippen LogP contribution in [0.25, 0.3) is 0 Å². The zero-order valence-corrected chi connectivity index (χ0v) is 7.79. The number of rotatable bonds is 2. The molecule has 1 amide bonds. The Bertz CT molecular complexity index is 170. The molecule has 0 radical (unpaired) electrons. The van der Waals surface area contributed by atoms with E-state index >= 15 is 0 Å². The largest absolute Gasteiger partial charge is 0.393 e. The monoisotopic (exact) mass is 171 g/mol. The first-order valence-corrected chi connectivity index (χ1v) is 4.58. The minimum atomic E-state index is -0.227. The standard InChI is InChI=1S/C9H17NO2/c1-3-9(12)8-4-5-10(6-8)7(2)11/h8-9,12H,3-6H2,1-2H3. The molecule has 1 aliphatic rings. The fourth-order valence-corrected chi connectivity index (χ4v) is 1.72. The minimum absolute atomic E-state index is 0.126. The highest BCUT2D eigenvalue weighted by Gasteiger charge is 2.28. The van der Waals surface area contributed by atoms with Crippen LogP contribution in [0.4, 0.5) is 0 Å². The summed E-state index contributed by atoms with van der Waals surface area (Å²) in [4.78, 5) is 12.8. The second-order valence-electron chi connectivity index (χ2n) is 3.49. The van der Waals surface area contributed by atoms with Crippen LogP contribution < -0.4 is 0 Å². The zero-order valence-electron chi connectivity index (χ0n) is 7.79. The fourth-order valence-electron chi connectivity index (χ4n) is 1.72. The molecular formula is C9H17NO2. The van der Waals surface area contributed by atoms with Crippen LogP contribution in [-0.2, 0) is 4.79 Å². The molecule has 1 rings (SSSR count). The fraction of sp³-hybridized carbons (Fsp3) is 0.889. The number of likely N-dealkylation sites (tertiary alicyclic amines) is 1. The van der Waals surface area contributed by atoms with E-state index in [1.807, 2.05) is 11.8 Å². The zero-order chi connectivity index (χ0) is 9.14. The summed E-state index contributed by atoms with van der Waals surface area (Å²) in [6, 6.07) is 0. The number of hydrogen-bond donors (Lipinski definition) is 1. The van der Waals surface area contributed by atoms with E-state index in [4.69, 9.17) is 0 Å². The van der Waals surface area contributed by atoms with Gasteiger partial charge in [0, 0.05) is 25.9 Å². The second-order valence-corrected chi connectivity index (χ2v) is 3.49. The number of carbonyl (C=O) groups is 1. The van der Waals surface area contributed by atoms with Gasteiger partial charge in [-0.25, -0.2) is 0 Å². The van der Waals surface area contributed by atoms with Crippen molar-refractivity contribution in [1.29, 1.82) is 0 Å². The van der Waals surface area contributed by atoms with E-state index in [1.54, 1.807) is 6.92 Å². The summed E-state index contributed by atoms with van der Waals surface area (Å²) in [5, 5.41) is 9.52. The average Bonchev–Trinajstić information content (AvgIpc) is 2.51. The molecule has 12 heavy (non-hydrogen) atoms. The Morgan fingerprint density at radius 2 is 2.42 bits per heavy atom. The van der Waals surface area contributed by atoms with Crippen LogP contribution in [0.5, 0.6) is 0 Å². The predicted octanol–water partition coefficient (Wildman–Crippen LogP) is 0.626. The Hall–Kier alpha value is -0.570. The van der Waals surface area contributed by atoms with Crippen molar-refractivity contribution >= 4 is 5.91 Å². The van der Waals surface area contributed by atoms with Gasteiger partial charge in [0.15, 0.2) is 0 Å². The highest BCUT2D eigenvalue weighted by molar-refractivity contribution is 5.73. The van der Waals surface area contributed by atoms with Crippen LogP contribution in [0.1, 0.15) is 26.7 Å². The summed E-state index contributed by atoms with van der Waals surface area (Å²) in [6.07, 6.45) is 1.51. The smallest absolute Gasteiger partial charge is 0.219 e. The maximum Gasteiger partial charge on any atom is 0.219 e. The van der Waals surface area contributed by atoms with Crippen LogP contribution in [0.3, 0.4) is 0 Å². The molecule has 0 aromatic heterocycles. The Morgan fingerprint density at radius 3 is 2.83 bits per heavy atom. The quantitative estimate of drug-likeness (QED) is 0.662. The van der Waals surface area contributed by atoms with Gasteiger partial charge in [-0.2, -0.15) is 0 Å². The van der Waals surface area contributed by atoms with Gasteiger partial charge in [-0.05, 0) is 12.8 Å². The minimum Gasteiger partial charge on any atom is -0.393 e. The summed E-state index contributed by atoms with van der Waals surface area (Å²) in [7, 11) is 0. The lowest BCUT2D eigenvalue weighted by molar-refractivity contribution is -0.128. The lowest BCUT2D eigenvalue weighted by Crippen LogP contribution is -2.28. The predicted molar refractivity (Wildman–Crippen MR) is 46.7 cm³/mol. The Labute approximate surface area is 73.4 Å². The third-order valence-electron chi connectivity index (χ3n) is 2.63. The number of nitrogens with zero attached hydrogens (tertiary/aromatic N) is 1. The molecule has 1 aliphatic heterocycles. The summed E-state index contributed by atoms with van der Waals surface area (Å²) in [5.41, 5.74) is 0. The van der Waals surface area contributed by atoms with Crippen LogP contribution in [0, 0.1) is 5.92 Å². The lowest BCUT2D eigenvalue weighted by atomic mass is 10.00. The average molecular weight is 171 g/mol. The van der Waals surface area contributed by atoms with E-state index in [9.17, 15) is 9.90 Å². The third kappa shape index (κ3) is 1.97. The highest BCUT2D eigenvalue weighted by atomic mass is 16.3. The highest BCUT2D eigenvalue weighted by Crippen LogP contribution is 2.21. The van der Waals surface area contributed by atoms with Gasteiger partial charge in [-0.15, -0.1) is 0 Å². The van der Waals surface area contributed by atoms with E-state index in [0.29, 0.717) is 5.92 Å². The summed E-state index contributed by atoms with van der Waals surface area (Å²) in [5.74, 6) is 0.430. The maximum absolute atomic E-state index is 10.9. The molecule has 1 saturated heterocycles. The van der Waals surface area contributed by atoms with Crippen molar-refractivity contribution in [3.05, 3.63) is 0 Å². The lowest BCUT2D eigenvalue weighted by Gasteiger charge is -2.17. The van der Waals surface area contributed by atoms with Gasteiger partial charge < -0.3 is 10.0 Å². The molecule has 0 bridgehead atoms. The Balaban J connectivity index is 2.40. The van der Waals surface area contributed by atoms with Gasteiger partial charge in [0.05, 0.1) is 6.10 Å². The molecule has 3 nitrogen and oxygen atoms in total. The summed E-state index contributed by atoms with van der Waals surface area (Å²) in [6.45, 7) is 5.11. The summed E-state index contributed by atoms with van der Waals surface area (Å²) >= 11 is 0. The van der Waals surface area contributed by atoms with Crippen molar-refractivity contribution < 1.29 is 9.90 Å². The van der Waals surface area contributed by atoms with Crippen molar-refractivity contribution in [3.8, 4) is 0 Å². The first-order chi connectivity index (χ1) is 5.65. The molecule has 0 aromatic rings. The van der Waals surface area contributed by atoms with Gasteiger partial charge in [-0.3, -0.25) is 4.79 Å². The van der Waals surface area contributed by atoms with E-state index < -0.39 is 0 Å². The van der Waals surface area contributed by atoms with Gasteiger partial charge in [0.1, 0.15) is 0 Å². The molecule has 0 aliphatic carbocycles. The van der Waals surface area contributed by atoms with Gasteiger partial charge in [0.2, 0.25) is 5.91 Å². The van der Waals surface area contributed by atoms with E-state index in [2.05, 4.69) is 0 Å². The molecule has 0 spiro atoms. The molecule has 1 N–H and O–H groups in total. The molecule has 3 heteroatoms. The number of hydrogen-bond acceptors (Lipinski definition) is 2. The first kappa shape index (κ1) is 9.52. The molecule has 70 valence electrons. The Kier molecular flexibility index (Phi) is 3.09. The van der Waals surface area contributed by atoms with E-state index in [0.717, 1.165) is 25.9 Å². The number of carbonyl (C=O) groups excluding carboxylic acids is 1. The number of aliphatic hydroxyl groups is 1. The number of amides is 1. The van der Waals surface area contributed by atoms with E-state index in [1.165, 1.54) is 0 Å². The molecule has 1 fully saturated rings. The molecule has 1 heterocycles. The van der Waals surface area contributed by atoms with Crippen LogP contribution in [0.2, 0.25) is 0 Å². The summed E-state index contributed by atoms with van der Waals surface area (Å²) < 4.78 is 0. The van der Waals surface area contributed by atoms with Crippen LogP contribution in [0.15, 0.2) is 0 Å². The topological polar surface area (TPSA) is 40.5 Å². The van der Waals surface area contributed by atoms with Gasteiger partial charge in [-0.1, -0.05) is 6.92 Å². The van der Waals surface area contributed by atoms with E-state index in [-0.39, 0.29) is 12.0 Å². The maximum atomic E-state index is 10.9. The van der Waals surface area contributed by atoms with Crippen molar-refractivity contribution in [2.75, 3.05) is 13.1 Å². The van der Waals surface area contributed by atoms with Crippen molar-refractivity contribution in [2.24, 2.45) is 5.92 Å². The SMILES string of the molecule is CCC(O)C1CCN(C(C)=O)C1. The van der Waals surface area contributed by atoms with Crippen molar-refractivity contribution in [2.45, 2.75) is 32.8 Å². The van der Waals surface area contributed by atoms with Crippen molar-refractivity contribution in [1.82, 2.24) is 4.90 Å². The van der Waals surface area contributed by atoms with Gasteiger partial charge >= 0.3 is 0 Å². The van der Waals surface area contributed by atoms with Gasteiger partial charge in [0.25, 0.3) is 0 Å². The third-order valence-corrected chi connectivity index (χ3v) is 2.63. The molecular weight excluding hydrogens is 154 g/mol. The second kappa shape index (κ2) is 3.90. The Morgan fingerprint density at radius 1 is 1.75 bits per heavy atom. The van der Waals surface area contributed by atoms with Crippen LogP contribution in [-0.4, -0.2) is 35.1 Å². The van der Waals surface area contributed by atoms with Crippen LogP contribution >= 0.6 is 0 Å². The molecule has 2 unspecified atom stereocenters. The molecule has 0 aromatic carbocycles. The number of aliphatic hydroxyl groups excluding tert-OH is 1. The first-order valence-electron chi connectivity index (χ1n) is 4.58.